The summed E-state index contributed by atoms with van der Waals surface area (Å²) in [6.45, 7) is 8.13. The smallest absolute Gasteiger partial charge is 0.151 e. The van der Waals surface area contributed by atoms with E-state index in [2.05, 4.69) is 30.5 Å². The van der Waals surface area contributed by atoms with Crippen molar-refractivity contribution >= 4 is 22.9 Å². The summed E-state index contributed by atoms with van der Waals surface area (Å²) in [7, 11) is 0. The van der Waals surface area contributed by atoms with Crippen LogP contribution in [0.3, 0.4) is 0 Å². The molecule has 0 spiro atoms. The molecule has 3 rings (SSSR count). The summed E-state index contributed by atoms with van der Waals surface area (Å²) in [6.07, 6.45) is 1.09. The monoisotopic (exact) mass is 326 g/mol. The van der Waals surface area contributed by atoms with E-state index in [9.17, 15) is 9.59 Å². The fourth-order valence-electron chi connectivity index (χ4n) is 3.82. The zero-order valence-electron chi connectivity index (χ0n) is 14.1. The molecule has 2 aromatic rings. The molecule has 0 radical (unpaired) electrons. The van der Waals surface area contributed by atoms with E-state index in [1.165, 1.54) is 16.0 Å². The molecule has 3 heteroatoms. The zero-order chi connectivity index (χ0) is 16.7. The minimum Gasteiger partial charge on any atom is -0.298 e. The third-order valence-corrected chi connectivity index (χ3v) is 5.93. The van der Waals surface area contributed by atoms with Gasteiger partial charge in [-0.3, -0.25) is 9.59 Å². The molecule has 1 aliphatic rings. The lowest BCUT2D eigenvalue weighted by molar-refractivity contribution is -0.124. The molecule has 1 saturated carbocycles. The molecular formula is C20H22O2S. The topological polar surface area (TPSA) is 34.1 Å². The Kier molecular flexibility index (Phi) is 4.24. The van der Waals surface area contributed by atoms with Crippen molar-refractivity contribution in [3.8, 4) is 0 Å². The summed E-state index contributed by atoms with van der Waals surface area (Å²) in [4.78, 5) is 26.7. The van der Waals surface area contributed by atoms with Gasteiger partial charge in [-0.05, 0) is 67.8 Å². The van der Waals surface area contributed by atoms with Crippen molar-refractivity contribution in [1.29, 1.82) is 0 Å². The van der Waals surface area contributed by atoms with Crippen LogP contribution in [0.5, 0.6) is 0 Å². The van der Waals surface area contributed by atoms with Gasteiger partial charge in [-0.25, -0.2) is 0 Å². The second-order valence-corrected chi connectivity index (χ2v) is 7.75. The number of benzene rings is 1. The first-order valence-electron chi connectivity index (χ1n) is 8.05. The number of carbonyl (C=O) groups excluding carboxylic acids is 2. The third-order valence-electron chi connectivity index (χ3n) is 4.88. The van der Waals surface area contributed by atoms with Crippen LogP contribution in [0.15, 0.2) is 23.6 Å². The van der Waals surface area contributed by atoms with Crippen LogP contribution in [0.4, 0.5) is 0 Å². The third kappa shape index (κ3) is 2.90. The number of ketones is 2. The average Bonchev–Trinajstić information content (AvgIpc) is 2.97. The molecule has 2 atom stereocenters. The van der Waals surface area contributed by atoms with E-state index in [1.54, 1.807) is 11.3 Å². The van der Waals surface area contributed by atoms with Crippen molar-refractivity contribution < 1.29 is 9.59 Å². The quantitative estimate of drug-likeness (QED) is 0.780. The molecule has 0 bridgehead atoms. The van der Waals surface area contributed by atoms with Crippen molar-refractivity contribution in [3.63, 3.8) is 0 Å². The molecule has 23 heavy (non-hydrogen) atoms. The van der Waals surface area contributed by atoms with Gasteiger partial charge < -0.3 is 0 Å². The molecule has 1 aliphatic carbocycles. The number of aryl methyl sites for hydroxylation is 4. The summed E-state index contributed by atoms with van der Waals surface area (Å²) in [5.74, 6) is -0.520. The van der Waals surface area contributed by atoms with E-state index in [-0.39, 0.29) is 17.5 Å². The number of hydrogen-bond donors (Lipinski definition) is 0. The number of rotatable bonds is 3. The van der Waals surface area contributed by atoms with Crippen LogP contribution in [-0.4, -0.2) is 11.6 Å². The highest BCUT2D eigenvalue weighted by Gasteiger charge is 2.43. The van der Waals surface area contributed by atoms with Crippen molar-refractivity contribution in [3.05, 3.63) is 56.3 Å². The average molecular weight is 326 g/mol. The molecule has 0 N–H and O–H groups in total. The van der Waals surface area contributed by atoms with Gasteiger partial charge in [-0.15, -0.1) is 11.3 Å². The summed E-state index contributed by atoms with van der Waals surface area (Å²) >= 11 is 1.68. The highest BCUT2D eigenvalue weighted by molar-refractivity contribution is 7.10. The van der Waals surface area contributed by atoms with E-state index in [4.69, 9.17) is 0 Å². The lowest BCUT2D eigenvalue weighted by atomic mass is 9.86. The second kappa shape index (κ2) is 6.04. The predicted octanol–water partition coefficient (Wildman–Crippen LogP) is 4.47. The molecular weight excluding hydrogens is 304 g/mol. The van der Waals surface area contributed by atoms with Crippen molar-refractivity contribution in [2.45, 2.75) is 46.5 Å². The largest absolute Gasteiger partial charge is 0.298 e. The van der Waals surface area contributed by atoms with Crippen LogP contribution in [0.2, 0.25) is 0 Å². The van der Waals surface area contributed by atoms with Gasteiger partial charge in [0.05, 0.1) is 0 Å². The lowest BCUT2D eigenvalue weighted by Gasteiger charge is -2.16. The fourth-order valence-corrected chi connectivity index (χ4v) is 4.80. The molecule has 1 heterocycles. The predicted molar refractivity (Wildman–Crippen MR) is 94.3 cm³/mol. The Balaban J connectivity index is 1.92. The Morgan fingerprint density at radius 1 is 1.04 bits per heavy atom. The maximum atomic E-state index is 12.9. The van der Waals surface area contributed by atoms with E-state index < -0.39 is 5.92 Å². The molecule has 0 aliphatic heterocycles. The van der Waals surface area contributed by atoms with Gasteiger partial charge in [0.2, 0.25) is 0 Å². The first-order valence-corrected chi connectivity index (χ1v) is 8.93. The highest BCUT2D eigenvalue weighted by atomic mass is 32.1. The van der Waals surface area contributed by atoms with Gasteiger partial charge >= 0.3 is 0 Å². The van der Waals surface area contributed by atoms with Crippen LogP contribution in [0, 0.1) is 33.6 Å². The Morgan fingerprint density at radius 2 is 1.70 bits per heavy atom. The van der Waals surface area contributed by atoms with Gasteiger partial charge in [0, 0.05) is 17.2 Å². The standard InChI is InChI=1S/C20H22O2S/c1-11-7-13(3)18(14(4)8-11)19-16(21)9-15(20(19)22)10-17-12(2)5-6-23-17/h5-8,15,19H,9-10H2,1-4H3. The van der Waals surface area contributed by atoms with Crippen LogP contribution in [0.25, 0.3) is 0 Å². The summed E-state index contributed by atoms with van der Waals surface area (Å²) in [5, 5.41) is 2.05. The van der Waals surface area contributed by atoms with Gasteiger partial charge in [0.15, 0.2) is 5.78 Å². The number of thiophene rings is 1. The summed E-state index contributed by atoms with van der Waals surface area (Å²) < 4.78 is 0. The van der Waals surface area contributed by atoms with Crippen molar-refractivity contribution in [1.82, 2.24) is 0 Å². The summed E-state index contributed by atoms with van der Waals surface area (Å²) in [6, 6.07) is 6.21. The van der Waals surface area contributed by atoms with Crippen LogP contribution >= 0.6 is 11.3 Å². The molecule has 0 amide bonds. The molecule has 1 aromatic heterocycles. The van der Waals surface area contributed by atoms with Crippen LogP contribution in [-0.2, 0) is 16.0 Å². The van der Waals surface area contributed by atoms with E-state index in [0.717, 1.165) is 16.7 Å². The maximum Gasteiger partial charge on any atom is 0.151 e. The first kappa shape index (κ1) is 16.1. The van der Waals surface area contributed by atoms with Crippen LogP contribution in [0.1, 0.15) is 45.0 Å². The van der Waals surface area contributed by atoms with Gasteiger partial charge in [-0.2, -0.15) is 0 Å². The SMILES string of the molecule is Cc1cc(C)c(C2C(=O)CC(Cc3sccc3C)C2=O)c(C)c1. The zero-order valence-corrected chi connectivity index (χ0v) is 14.9. The molecule has 1 fully saturated rings. The normalized spacial score (nSPS) is 21.2. The van der Waals surface area contributed by atoms with Crippen LogP contribution < -0.4 is 0 Å². The Hall–Kier alpha value is -1.74. The van der Waals surface area contributed by atoms with Gasteiger partial charge in [-0.1, -0.05) is 17.7 Å². The maximum absolute atomic E-state index is 12.9. The Bertz CT molecular complexity index is 762. The number of carbonyl (C=O) groups is 2. The first-order chi connectivity index (χ1) is 10.9. The van der Waals surface area contributed by atoms with Gasteiger partial charge in [0.1, 0.15) is 11.7 Å². The minimum atomic E-state index is -0.555. The lowest BCUT2D eigenvalue weighted by Crippen LogP contribution is -2.18. The number of Topliss-reactive ketones (excluding diaryl/α,β-unsaturated/α-hetero) is 2. The van der Waals surface area contributed by atoms with Crippen molar-refractivity contribution in [2.24, 2.45) is 5.92 Å². The molecule has 0 saturated heterocycles. The minimum absolute atomic E-state index is 0.0873. The molecule has 2 unspecified atom stereocenters. The van der Waals surface area contributed by atoms with Crippen molar-refractivity contribution in [2.75, 3.05) is 0 Å². The van der Waals surface area contributed by atoms with E-state index in [0.29, 0.717) is 12.8 Å². The molecule has 1 aromatic carbocycles. The number of hydrogen-bond acceptors (Lipinski definition) is 3. The van der Waals surface area contributed by atoms with E-state index in [1.807, 2.05) is 20.8 Å². The highest BCUT2D eigenvalue weighted by Crippen LogP contribution is 2.38. The molecule has 120 valence electrons. The Labute approximate surface area is 141 Å². The second-order valence-electron chi connectivity index (χ2n) is 6.75. The Morgan fingerprint density at radius 3 is 2.26 bits per heavy atom. The fraction of sp³-hybridized carbons (Fsp3) is 0.400. The summed E-state index contributed by atoms with van der Waals surface area (Å²) in [5.41, 5.74) is 5.45. The van der Waals surface area contributed by atoms with Gasteiger partial charge in [0.25, 0.3) is 0 Å². The molecule has 2 nitrogen and oxygen atoms in total. The van der Waals surface area contributed by atoms with E-state index >= 15 is 0 Å².